The van der Waals surface area contributed by atoms with Crippen molar-refractivity contribution >= 4 is 23.2 Å². The first-order chi connectivity index (χ1) is 7.66. The van der Waals surface area contributed by atoms with Gasteiger partial charge in [0.05, 0.1) is 11.3 Å². The number of rotatable bonds is 2. The fourth-order valence-corrected chi connectivity index (χ4v) is 2.11. The molecule has 2 aromatic heterocycles. The molecule has 3 rings (SSSR count). The molecule has 1 aliphatic carbocycles. The van der Waals surface area contributed by atoms with Crippen molar-refractivity contribution in [3.8, 4) is 0 Å². The summed E-state index contributed by atoms with van der Waals surface area (Å²) in [5.74, 6) is -0.500. The molecule has 0 bridgehead atoms. The summed E-state index contributed by atoms with van der Waals surface area (Å²) < 4.78 is 1.64. The fraction of sp³-hybridized carbons (Fsp3) is 0.273. The molecule has 1 fully saturated rings. The molecule has 0 atom stereocenters. The Morgan fingerprint density at radius 2 is 2.25 bits per heavy atom. The molecule has 0 radical (unpaired) electrons. The predicted molar refractivity (Wildman–Crippen MR) is 59.1 cm³/mol. The second-order valence-corrected chi connectivity index (χ2v) is 4.37. The Bertz CT molecular complexity index is 587. The summed E-state index contributed by atoms with van der Waals surface area (Å²) >= 11 is 6.18. The van der Waals surface area contributed by atoms with Crippen LogP contribution in [0, 0.1) is 0 Å². The van der Waals surface area contributed by atoms with Crippen molar-refractivity contribution < 1.29 is 9.90 Å². The Labute approximate surface area is 96.5 Å². The molecule has 4 nitrogen and oxygen atoms in total. The quantitative estimate of drug-likeness (QED) is 0.872. The van der Waals surface area contributed by atoms with Crippen molar-refractivity contribution in [3.63, 3.8) is 0 Å². The summed E-state index contributed by atoms with van der Waals surface area (Å²) in [6.45, 7) is 0. The summed E-state index contributed by atoms with van der Waals surface area (Å²) in [6, 6.07) is 3.22. The maximum atomic E-state index is 10.8. The molecule has 0 amide bonds. The lowest BCUT2D eigenvalue weighted by molar-refractivity contribution is 0.0696. The highest BCUT2D eigenvalue weighted by atomic mass is 35.5. The Balaban J connectivity index is 2.22. The summed E-state index contributed by atoms with van der Waals surface area (Å²) in [5, 5.41) is 9.43. The Morgan fingerprint density at radius 1 is 1.50 bits per heavy atom. The third kappa shape index (κ3) is 1.38. The van der Waals surface area contributed by atoms with Gasteiger partial charge in [0.2, 0.25) is 0 Å². The van der Waals surface area contributed by atoms with Gasteiger partial charge in [-0.1, -0.05) is 11.6 Å². The van der Waals surface area contributed by atoms with Gasteiger partial charge in [-0.2, -0.15) is 0 Å². The zero-order valence-electron chi connectivity index (χ0n) is 8.35. The molecule has 0 spiro atoms. The van der Waals surface area contributed by atoms with Crippen LogP contribution in [0.15, 0.2) is 18.3 Å². The van der Waals surface area contributed by atoms with E-state index in [1.807, 2.05) is 0 Å². The number of aromatic carboxylic acids is 1. The van der Waals surface area contributed by atoms with Crippen LogP contribution >= 0.6 is 11.6 Å². The molecule has 5 heteroatoms. The number of carbonyl (C=O) groups is 1. The van der Waals surface area contributed by atoms with Gasteiger partial charge < -0.3 is 5.11 Å². The number of imidazole rings is 1. The number of nitrogens with zero attached hydrogens (tertiary/aromatic N) is 2. The van der Waals surface area contributed by atoms with E-state index in [0.29, 0.717) is 16.7 Å². The van der Waals surface area contributed by atoms with E-state index in [0.717, 1.165) is 18.5 Å². The monoisotopic (exact) mass is 236 g/mol. The van der Waals surface area contributed by atoms with Crippen LogP contribution in [0.1, 0.15) is 34.8 Å². The number of carboxylic acid groups (broad SMARTS) is 1. The number of aromatic nitrogens is 2. The standard InChI is InChI=1S/C11H9ClN2O2/c12-10-9(6-1-2-6)13-8-4-3-7(11(15)16)5-14(8)10/h3-6H,1-2H2,(H,15,16). The maximum Gasteiger partial charge on any atom is 0.337 e. The van der Waals surface area contributed by atoms with E-state index < -0.39 is 5.97 Å². The Morgan fingerprint density at radius 3 is 2.88 bits per heavy atom. The molecule has 0 unspecified atom stereocenters. The van der Waals surface area contributed by atoms with Crippen molar-refractivity contribution in [1.29, 1.82) is 0 Å². The normalized spacial score (nSPS) is 15.6. The van der Waals surface area contributed by atoms with Gasteiger partial charge >= 0.3 is 5.97 Å². The molecule has 1 N–H and O–H groups in total. The summed E-state index contributed by atoms with van der Waals surface area (Å²) in [6.07, 6.45) is 3.75. The Hall–Kier alpha value is -1.55. The van der Waals surface area contributed by atoms with Crippen molar-refractivity contribution in [2.75, 3.05) is 0 Å². The molecular formula is C11H9ClN2O2. The van der Waals surface area contributed by atoms with Gasteiger partial charge in [0, 0.05) is 12.1 Å². The Kier molecular flexibility index (Phi) is 1.94. The highest BCUT2D eigenvalue weighted by Gasteiger charge is 2.29. The number of hydrogen-bond donors (Lipinski definition) is 1. The van der Waals surface area contributed by atoms with Crippen LogP contribution in [0.5, 0.6) is 0 Å². The van der Waals surface area contributed by atoms with Gasteiger partial charge in [-0.05, 0) is 25.0 Å². The van der Waals surface area contributed by atoms with Crippen LogP contribution in [0.4, 0.5) is 0 Å². The second kappa shape index (κ2) is 3.22. The minimum absolute atomic E-state index is 0.217. The molecule has 82 valence electrons. The average molecular weight is 237 g/mol. The largest absolute Gasteiger partial charge is 0.478 e. The number of halogens is 1. The molecular weight excluding hydrogens is 228 g/mol. The summed E-state index contributed by atoms with van der Waals surface area (Å²) in [4.78, 5) is 15.2. The first-order valence-electron chi connectivity index (χ1n) is 5.07. The van der Waals surface area contributed by atoms with E-state index in [2.05, 4.69) is 4.98 Å². The lowest BCUT2D eigenvalue weighted by Gasteiger charge is -1.97. The van der Waals surface area contributed by atoms with Gasteiger partial charge in [-0.15, -0.1) is 0 Å². The van der Waals surface area contributed by atoms with Gasteiger partial charge in [0.1, 0.15) is 10.8 Å². The van der Waals surface area contributed by atoms with E-state index >= 15 is 0 Å². The summed E-state index contributed by atoms with van der Waals surface area (Å²) in [5.41, 5.74) is 1.82. The lowest BCUT2D eigenvalue weighted by Crippen LogP contribution is -1.98. The minimum Gasteiger partial charge on any atom is -0.478 e. The van der Waals surface area contributed by atoms with Crippen molar-refractivity contribution in [2.45, 2.75) is 18.8 Å². The van der Waals surface area contributed by atoms with Gasteiger partial charge in [-0.3, -0.25) is 4.40 Å². The molecule has 0 aliphatic heterocycles. The van der Waals surface area contributed by atoms with Gasteiger partial charge in [-0.25, -0.2) is 9.78 Å². The SMILES string of the molecule is O=C(O)c1ccc2nc(C3CC3)c(Cl)n2c1. The van der Waals surface area contributed by atoms with Crippen LogP contribution in [0.3, 0.4) is 0 Å². The smallest absolute Gasteiger partial charge is 0.337 e. The number of pyridine rings is 1. The zero-order valence-corrected chi connectivity index (χ0v) is 9.11. The lowest BCUT2D eigenvalue weighted by atomic mass is 10.3. The minimum atomic E-state index is -0.959. The molecule has 2 aromatic rings. The summed E-state index contributed by atoms with van der Waals surface area (Å²) in [7, 11) is 0. The highest BCUT2D eigenvalue weighted by molar-refractivity contribution is 6.30. The van der Waals surface area contributed by atoms with Crippen LogP contribution in [0.2, 0.25) is 5.15 Å². The molecule has 0 saturated heterocycles. The molecule has 2 heterocycles. The van der Waals surface area contributed by atoms with Crippen LogP contribution in [0.25, 0.3) is 5.65 Å². The van der Waals surface area contributed by atoms with Crippen LogP contribution in [-0.4, -0.2) is 20.5 Å². The molecule has 1 aliphatic rings. The molecule has 0 aromatic carbocycles. The van der Waals surface area contributed by atoms with Gasteiger partial charge in [0.25, 0.3) is 0 Å². The highest BCUT2D eigenvalue weighted by Crippen LogP contribution is 2.42. The van der Waals surface area contributed by atoms with Crippen LogP contribution < -0.4 is 0 Å². The number of carboxylic acids is 1. The van der Waals surface area contributed by atoms with Crippen molar-refractivity contribution in [3.05, 3.63) is 34.7 Å². The van der Waals surface area contributed by atoms with E-state index in [-0.39, 0.29) is 5.56 Å². The average Bonchev–Trinajstić information content (AvgIpc) is 3.04. The maximum absolute atomic E-state index is 10.8. The number of hydrogen-bond acceptors (Lipinski definition) is 2. The first kappa shape index (κ1) is 9.66. The third-order valence-corrected chi connectivity index (χ3v) is 3.17. The predicted octanol–water partition coefficient (Wildman–Crippen LogP) is 2.56. The zero-order chi connectivity index (χ0) is 11.3. The van der Waals surface area contributed by atoms with E-state index in [4.69, 9.17) is 16.7 Å². The van der Waals surface area contributed by atoms with Gasteiger partial charge in [0.15, 0.2) is 0 Å². The van der Waals surface area contributed by atoms with E-state index in [9.17, 15) is 4.79 Å². The molecule has 16 heavy (non-hydrogen) atoms. The van der Waals surface area contributed by atoms with E-state index in [1.54, 1.807) is 10.5 Å². The fourth-order valence-electron chi connectivity index (χ4n) is 1.78. The number of fused-ring (bicyclic) bond motifs is 1. The van der Waals surface area contributed by atoms with Crippen LogP contribution in [-0.2, 0) is 0 Å². The van der Waals surface area contributed by atoms with Crippen molar-refractivity contribution in [2.24, 2.45) is 0 Å². The van der Waals surface area contributed by atoms with E-state index in [1.165, 1.54) is 12.3 Å². The van der Waals surface area contributed by atoms with Crippen molar-refractivity contribution in [1.82, 2.24) is 9.38 Å². The third-order valence-electron chi connectivity index (χ3n) is 2.80. The first-order valence-corrected chi connectivity index (χ1v) is 5.45. The second-order valence-electron chi connectivity index (χ2n) is 4.01. The topological polar surface area (TPSA) is 54.6 Å². The molecule has 1 saturated carbocycles.